The smallest absolute Gasteiger partial charge is 0.0775 e. The van der Waals surface area contributed by atoms with E-state index in [1.54, 1.807) is 6.20 Å². The first-order valence-electron chi connectivity index (χ1n) is 5.36. The Labute approximate surface area is 128 Å². The van der Waals surface area contributed by atoms with E-state index in [0.717, 1.165) is 25.2 Å². The molecule has 1 heterocycles. The van der Waals surface area contributed by atoms with Crippen molar-refractivity contribution in [3.05, 3.63) is 61.8 Å². The molecule has 1 unspecified atom stereocenters. The Kier molecular flexibility index (Phi) is 4.78. The lowest BCUT2D eigenvalue weighted by Crippen LogP contribution is -2.19. The molecule has 0 saturated carbocycles. The molecular formula is C13H11Br2ClN2. The number of rotatable bonds is 3. The third kappa shape index (κ3) is 2.94. The second-order valence-corrected chi connectivity index (χ2v) is 5.94. The van der Waals surface area contributed by atoms with Crippen LogP contribution in [0.25, 0.3) is 0 Å². The Hall–Kier alpha value is -0.420. The number of benzene rings is 1. The van der Waals surface area contributed by atoms with Crippen molar-refractivity contribution in [2.75, 3.05) is 7.05 Å². The van der Waals surface area contributed by atoms with Crippen molar-refractivity contribution in [3.63, 3.8) is 0 Å². The maximum absolute atomic E-state index is 6.24. The largest absolute Gasteiger partial charge is 0.308 e. The summed E-state index contributed by atoms with van der Waals surface area (Å²) < 4.78 is 1.88. The summed E-state index contributed by atoms with van der Waals surface area (Å²) in [7, 11) is 1.89. The molecule has 0 fully saturated rings. The fourth-order valence-electron chi connectivity index (χ4n) is 1.79. The van der Waals surface area contributed by atoms with Crippen molar-refractivity contribution in [3.8, 4) is 0 Å². The van der Waals surface area contributed by atoms with Gasteiger partial charge in [0.15, 0.2) is 0 Å². The number of hydrogen-bond acceptors (Lipinski definition) is 2. The molecule has 0 radical (unpaired) electrons. The summed E-state index contributed by atoms with van der Waals surface area (Å²) in [5, 5.41) is 3.97. The number of aromatic nitrogens is 1. The van der Waals surface area contributed by atoms with Crippen molar-refractivity contribution >= 4 is 43.5 Å². The van der Waals surface area contributed by atoms with Gasteiger partial charge in [-0.3, -0.25) is 4.98 Å². The molecule has 5 heteroatoms. The molecule has 0 aliphatic carbocycles. The quantitative estimate of drug-likeness (QED) is 0.831. The molecule has 1 N–H and O–H groups in total. The molecule has 0 aliphatic heterocycles. The van der Waals surface area contributed by atoms with E-state index in [9.17, 15) is 0 Å². The highest BCUT2D eigenvalue weighted by Gasteiger charge is 2.18. The van der Waals surface area contributed by atoms with Crippen molar-refractivity contribution in [1.29, 1.82) is 0 Å². The van der Waals surface area contributed by atoms with Crippen LogP contribution in [0.2, 0.25) is 5.02 Å². The van der Waals surface area contributed by atoms with Crippen LogP contribution in [0.3, 0.4) is 0 Å². The fraction of sp³-hybridized carbons (Fsp3) is 0.154. The van der Waals surface area contributed by atoms with Crippen LogP contribution >= 0.6 is 43.5 Å². The minimum absolute atomic E-state index is 0.0406. The molecule has 1 aromatic carbocycles. The first-order valence-corrected chi connectivity index (χ1v) is 7.32. The number of hydrogen-bond donors (Lipinski definition) is 1. The normalized spacial score (nSPS) is 12.4. The average Bonchev–Trinajstić information content (AvgIpc) is 2.34. The Morgan fingerprint density at radius 3 is 2.61 bits per heavy atom. The molecule has 2 rings (SSSR count). The number of halogens is 3. The van der Waals surface area contributed by atoms with E-state index in [-0.39, 0.29) is 6.04 Å². The van der Waals surface area contributed by atoms with E-state index < -0.39 is 0 Å². The highest BCUT2D eigenvalue weighted by atomic mass is 79.9. The Balaban J connectivity index is 2.49. The number of nitrogens with zero attached hydrogens (tertiary/aromatic N) is 1. The highest BCUT2D eigenvalue weighted by Crippen LogP contribution is 2.31. The van der Waals surface area contributed by atoms with Gasteiger partial charge in [0.1, 0.15) is 0 Å². The standard InChI is InChI=1S/C13H11Br2ClN2/c1-17-12(9-4-2-3-5-11(9)16)13-10(15)6-8(14)7-18-13/h2-7,12,17H,1H3. The zero-order chi connectivity index (χ0) is 13.1. The van der Waals surface area contributed by atoms with Gasteiger partial charge in [-0.25, -0.2) is 0 Å². The van der Waals surface area contributed by atoms with Gasteiger partial charge < -0.3 is 5.32 Å². The zero-order valence-corrected chi connectivity index (χ0v) is 13.6. The van der Waals surface area contributed by atoms with Crippen LogP contribution in [0.1, 0.15) is 17.3 Å². The molecule has 0 aliphatic rings. The van der Waals surface area contributed by atoms with E-state index in [1.807, 2.05) is 37.4 Å². The van der Waals surface area contributed by atoms with Crippen LogP contribution in [-0.2, 0) is 0 Å². The first-order chi connectivity index (χ1) is 8.63. The molecule has 0 saturated heterocycles. The zero-order valence-electron chi connectivity index (χ0n) is 9.62. The van der Waals surface area contributed by atoms with Gasteiger partial charge in [-0.2, -0.15) is 0 Å². The summed E-state index contributed by atoms with van der Waals surface area (Å²) in [4.78, 5) is 4.45. The molecule has 1 atom stereocenters. The summed E-state index contributed by atoms with van der Waals surface area (Å²) in [6.07, 6.45) is 1.78. The van der Waals surface area contributed by atoms with Crippen LogP contribution in [0.4, 0.5) is 0 Å². The topological polar surface area (TPSA) is 24.9 Å². The molecular weight excluding hydrogens is 379 g/mol. The number of pyridine rings is 1. The molecule has 0 amide bonds. The van der Waals surface area contributed by atoms with Gasteiger partial charge >= 0.3 is 0 Å². The van der Waals surface area contributed by atoms with Crippen molar-refractivity contribution in [1.82, 2.24) is 10.3 Å². The van der Waals surface area contributed by atoms with Gasteiger partial charge in [-0.1, -0.05) is 29.8 Å². The van der Waals surface area contributed by atoms with E-state index in [0.29, 0.717) is 0 Å². The molecule has 0 spiro atoms. The van der Waals surface area contributed by atoms with Crippen molar-refractivity contribution in [2.24, 2.45) is 0 Å². The van der Waals surface area contributed by atoms with Crippen LogP contribution in [0.5, 0.6) is 0 Å². The van der Waals surface area contributed by atoms with Crippen molar-refractivity contribution in [2.45, 2.75) is 6.04 Å². The highest BCUT2D eigenvalue weighted by molar-refractivity contribution is 9.11. The van der Waals surface area contributed by atoms with E-state index in [1.165, 1.54) is 0 Å². The second kappa shape index (κ2) is 6.15. The SMILES string of the molecule is CNC(c1ccccc1Cl)c1ncc(Br)cc1Br. The summed E-state index contributed by atoms with van der Waals surface area (Å²) in [6, 6.07) is 9.71. The maximum Gasteiger partial charge on any atom is 0.0775 e. The van der Waals surface area contributed by atoms with Gasteiger partial charge in [0.05, 0.1) is 11.7 Å². The summed E-state index contributed by atoms with van der Waals surface area (Å²) in [5.41, 5.74) is 1.92. The lowest BCUT2D eigenvalue weighted by Gasteiger charge is -2.18. The van der Waals surface area contributed by atoms with Crippen LogP contribution in [0.15, 0.2) is 45.5 Å². The predicted octanol–water partition coefficient (Wildman–Crippen LogP) is 4.57. The minimum Gasteiger partial charge on any atom is -0.308 e. The monoisotopic (exact) mass is 388 g/mol. The molecule has 94 valence electrons. The Bertz CT molecular complexity index is 560. The van der Waals surface area contributed by atoms with Gasteiger partial charge in [-0.15, -0.1) is 0 Å². The minimum atomic E-state index is -0.0406. The van der Waals surface area contributed by atoms with Gasteiger partial charge in [0.2, 0.25) is 0 Å². The predicted molar refractivity (Wildman–Crippen MR) is 82.0 cm³/mol. The Morgan fingerprint density at radius 1 is 1.28 bits per heavy atom. The Morgan fingerprint density at radius 2 is 2.00 bits per heavy atom. The lowest BCUT2D eigenvalue weighted by atomic mass is 10.0. The molecule has 2 nitrogen and oxygen atoms in total. The van der Waals surface area contributed by atoms with E-state index >= 15 is 0 Å². The van der Waals surface area contributed by atoms with Gasteiger partial charge in [0, 0.05) is 20.2 Å². The summed E-state index contributed by atoms with van der Waals surface area (Å²) in [6.45, 7) is 0. The van der Waals surface area contributed by atoms with E-state index in [4.69, 9.17) is 11.6 Å². The second-order valence-electron chi connectivity index (χ2n) is 3.76. The maximum atomic E-state index is 6.24. The number of nitrogens with one attached hydrogen (secondary N) is 1. The molecule has 2 aromatic rings. The van der Waals surface area contributed by atoms with Crippen LogP contribution in [0, 0.1) is 0 Å². The fourth-order valence-corrected chi connectivity index (χ4v) is 3.25. The average molecular weight is 391 g/mol. The third-order valence-corrected chi connectivity index (χ3v) is 4.03. The first kappa shape index (κ1) is 14.0. The van der Waals surface area contributed by atoms with Crippen LogP contribution < -0.4 is 5.32 Å². The van der Waals surface area contributed by atoms with Crippen molar-refractivity contribution < 1.29 is 0 Å². The van der Waals surface area contributed by atoms with Crippen LogP contribution in [-0.4, -0.2) is 12.0 Å². The lowest BCUT2D eigenvalue weighted by molar-refractivity contribution is 0.667. The molecule has 0 bridgehead atoms. The van der Waals surface area contributed by atoms with E-state index in [2.05, 4.69) is 42.2 Å². The third-order valence-electron chi connectivity index (χ3n) is 2.61. The molecule has 1 aromatic heterocycles. The summed E-state index contributed by atoms with van der Waals surface area (Å²) in [5.74, 6) is 0. The molecule has 18 heavy (non-hydrogen) atoms. The van der Waals surface area contributed by atoms with Gasteiger partial charge in [-0.05, 0) is 56.6 Å². The summed E-state index contributed by atoms with van der Waals surface area (Å²) >= 11 is 13.2. The van der Waals surface area contributed by atoms with Gasteiger partial charge in [0.25, 0.3) is 0 Å².